The standard InChI is InChI=1S/C12H17ClN2O3/c1-7(2)3-9(16)6-14-11-5-8(12(17)18)4-10(13)15-11/h4-5,7,9,16H,3,6H2,1-2H3,(H,14,15)(H,17,18). The van der Waals surface area contributed by atoms with Gasteiger partial charge in [0.05, 0.1) is 11.7 Å². The van der Waals surface area contributed by atoms with Crippen LogP contribution < -0.4 is 5.32 Å². The SMILES string of the molecule is CC(C)CC(O)CNc1cc(C(=O)O)cc(Cl)n1. The van der Waals surface area contributed by atoms with Crippen molar-refractivity contribution in [3.63, 3.8) is 0 Å². The zero-order valence-corrected chi connectivity index (χ0v) is 11.1. The van der Waals surface area contributed by atoms with E-state index in [1.165, 1.54) is 12.1 Å². The molecule has 1 heterocycles. The number of carbonyl (C=O) groups is 1. The van der Waals surface area contributed by atoms with Crippen LogP contribution in [0.3, 0.4) is 0 Å². The Morgan fingerprint density at radius 2 is 2.17 bits per heavy atom. The molecule has 1 aromatic heterocycles. The number of carboxylic acids is 1. The topological polar surface area (TPSA) is 82.5 Å². The summed E-state index contributed by atoms with van der Waals surface area (Å²) in [6.45, 7) is 4.34. The van der Waals surface area contributed by atoms with Crippen LogP contribution in [0, 0.1) is 5.92 Å². The first-order valence-corrected chi connectivity index (χ1v) is 6.09. The summed E-state index contributed by atoms with van der Waals surface area (Å²) < 4.78 is 0. The van der Waals surface area contributed by atoms with Crippen LogP contribution in [-0.4, -0.2) is 33.8 Å². The fourth-order valence-electron chi connectivity index (χ4n) is 1.56. The molecule has 0 spiro atoms. The predicted octanol–water partition coefficient (Wildman–Crippen LogP) is 2.25. The first-order valence-electron chi connectivity index (χ1n) is 5.71. The first kappa shape index (κ1) is 14.7. The zero-order chi connectivity index (χ0) is 13.7. The van der Waals surface area contributed by atoms with Crippen molar-refractivity contribution in [2.75, 3.05) is 11.9 Å². The molecule has 1 unspecified atom stereocenters. The largest absolute Gasteiger partial charge is 0.478 e. The van der Waals surface area contributed by atoms with E-state index in [-0.39, 0.29) is 10.7 Å². The number of hydrogen-bond donors (Lipinski definition) is 3. The number of anilines is 1. The van der Waals surface area contributed by atoms with E-state index >= 15 is 0 Å². The van der Waals surface area contributed by atoms with Crippen LogP contribution in [0.4, 0.5) is 5.82 Å². The van der Waals surface area contributed by atoms with Crippen LogP contribution in [0.25, 0.3) is 0 Å². The summed E-state index contributed by atoms with van der Waals surface area (Å²) in [6, 6.07) is 2.66. The third kappa shape index (κ3) is 4.89. The van der Waals surface area contributed by atoms with Gasteiger partial charge in [0.1, 0.15) is 11.0 Å². The lowest BCUT2D eigenvalue weighted by molar-refractivity contribution is 0.0697. The zero-order valence-electron chi connectivity index (χ0n) is 10.4. The van der Waals surface area contributed by atoms with Crippen LogP contribution in [0.15, 0.2) is 12.1 Å². The van der Waals surface area contributed by atoms with Crippen molar-refractivity contribution in [3.05, 3.63) is 22.8 Å². The van der Waals surface area contributed by atoms with Gasteiger partial charge in [-0.25, -0.2) is 9.78 Å². The van der Waals surface area contributed by atoms with Gasteiger partial charge in [-0.2, -0.15) is 0 Å². The van der Waals surface area contributed by atoms with Gasteiger partial charge < -0.3 is 15.5 Å². The van der Waals surface area contributed by atoms with Crippen LogP contribution in [0.1, 0.15) is 30.6 Å². The van der Waals surface area contributed by atoms with Gasteiger partial charge in [0.2, 0.25) is 0 Å². The number of hydrogen-bond acceptors (Lipinski definition) is 4. The lowest BCUT2D eigenvalue weighted by atomic mass is 10.1. The summed E-state index contributed by atoms with van der Waals surface area (Å²) in [5.74, 6) is -0.323. The summed E-state index contributed by atoms with van der Waals surface area (Å²) >= 11 is 5.72. The number of aliphatic hydroxyl groups is 1. The van der Waals surface area contributed by atoms with Crippen molar-refractivity contribution >= 4 is 23.4 Å². The lowest BCUT2D eigenvalue weighted by Gasteiger charge is -2.14. The number of nitrogens with one attached hydrogen (secondary N) is 1. The average molecular weight is 273 g/mol. The molecule has 6 heteroatoms. The molecule has 0 bridgehead atoms. The van der Waals surface area contributed by atoms with Crippen LogP contribution in [0.5, 0.6) is 0 Å². The molecule has 100 valence electrons. The second kappa shape index (κ2) is 6.56. The third-order valence-electron chi connectivity index (χ3n) is 2.30. The maximum atomic E-state index is 10.8. The van der Waals surface area contributed by atoms with Gasteiger partial charge in [0.15, 0.2) is 0 Å². The number of aromatic nitrogens is 1. The molecule has 0 radical (unpaired) electrons. The Hall–Kier alpha value is -1.33. The highest BCUT2D eigenvalue weighted by atomic mass is 35.5. The number of nitrogens with zero attached hydrogens (tertiary/aromatic N) is 1. The molecule has 0 fully saturated rings. The Morgan fingerprint density at radius 3 is 2.72 bits per heavy atom. The molecular formula is C12H17ClN2O3. The van der Waals surface area contributed by atoms with Gasteiger partial charge in [-0.15, -0.1) is 0 Å². The van der Waals surface area contributed by atoms with Crippen molar-refractivity contribution in [3.8, 4) is 0 Å². The molecule has 0 aromatic carbocycles. The molecule has 0 aliphatic rings. The molecule has 5 nitrogen and oxygen atoms in total. The molecular weight excluding hydrogens is 256 g/mol. The number of aliphatic hydroxyl groups excluding tert-OH is 1. The average Bonchev–Trinajstić information content (AvgIpc) is 2.24. The Bertz CT molecular complexity index is 424. The van der Waals surface area contributed by atoms with E-state index in [9.17, 15) is 9.90 Å². The predicted molar refractivity (Wildman–Crippen MR) is 70.2 cm³/mol. The number of rotatable bonds is 6. The van der Waals surface area contributed by atoms with Crippen LogP contribution >= 0.6 is 11.6 Å². The highest BCUT2D eigenvalue weighted by Crippen LogP contribution is 2.15. The smallest absolute Gasteiger partial charge is 0.335 e. The minimum atomic E-state index is -1.06. The van der Waals surface area contributed by atoms with Crippen LogP contribution in [-0.2, 0) is 0 Å². The molecule has 0 saturated heterocycles. The number of carboxylic acid groups (broad SMARTS) is 1. The maximum absolute atomic E-state index is 10.8. The lowest BCUT2D eigenvalue weighted by Crippen LogP contribution is -2.21. The van der Waals surface area contributed by atoms with E-state index in [1.807, 2.05) is 13.8 Å². The summed E-state index contributed by atoms with van der Waals surface area (Å²) in [7, 11) is 0. The Labute approximate surface area is 111 Å². The molecule has 0 aliphatic carbocycles. The molecule has 3 N–H and O–H groups in total. The molecule has 1 atom stereocenters. The first-order chi connectivity index (χ1) is 8.38. The number of halogens is 1. The fraction of sp³-hybridized carbons (Fsp3) is 0.500. The highest BCUT2D eigenvalue weighted by molar-refractivity contribution is 6.29. The molecule has 0 aliphatic heterocycles. The van der Waals surface area contributed by atoms with Crippen molar-refractivity contribution in [1.29, 1.82) is 0 Å². The van der Waals surface area contributed by atoms with E-state index in [4.69, 9.17) is 16.7 Å². The molecule has 0 saturated carbocycles. The number of aromatic carboxylic acids is 1. The summed E-state index contributed by atoms with van der Waals surface area (Å²) in [5, 5.41) is 21.5. The summed E-state index contributed by atoms with van der Waals surface area (Å²) in [6.07, 6.45) is 0.165. The third-order valence-corrected chi connectivity index (χ3v) is 2.50. The van der Waals surface area contributed by atoms with E-state index in [2.05, 4.69) is 10.3 Å². The summed E-state index contributed by atoms with van der Waals surface area (Å²) in [5.41, 5.74) is 0.0656. The van der Waals surface area contributed by atoms with Crippen molar-refractivity contribution in [2.24, 2.45) is 5.92 Å². The molecule has 1 aromatic rings. The van der Waals surface area contributed by atoms with E-state index in [1.54, 1.807) is 0 Å². The van der Waals surface area contributed by atoms with Crippen molar-refractivity contribution in [2.45, 2.75) is 26.4 Å². The fourth-order valence-corrected chi connectivity index (χ4v) is 1.77. The second-order valence-corrected chi connectivity index (χ2v) is 4.92. The van der Waals surface area contributed by atoms with Gasteiger partial charge in [0, 0.05) is 6.54 Å². The van der Waals surface area contributed by atoms with Gasteiger partial charge in [-0.05, 0) is 24.5 Å². The van der Waals surface area contributed by atoms with E-state index in [0.717, 1.165) is 0 Å². The molecule has 1 rings (SSSR count). The van der Waals surface area contributed by atoms with Crippen molar-refractivity contribution < 1.29 is 15.0 Å². The second-order valence-electron chi connectivity index (χ2n) is 4.53. The Morgan fingerprint density at radius 1 is 1.50 bits per heavy atom. The van der Waals surface area contributed by atoms with E-state index < -0.39 is 12.1 Å². The Kier molecular flexibility index (Phi) is 5.37. The molecule has 0 amide bonds. The normalized spacial score (nSPS) is 12.5. The van der Waals surface area contributed by atoms with Crippen LogP contribution in [0.2, 0.25) is 5.15 Å². The minimum Gasteiger partial charge on any atom is -0.478 e. The minimum absolute atomic E-state index is 0.0656. The van der Waals surface area contributed by atoms with Gasteiger partial charge in [0.25, 0.3) is 0 Å². The maximum Gasteiger partial charge on any atom is 0.335 e. The monoisotopic (exact) mass is 272 g/mol. The Balaban J connectivity index is 2.64. The summed E-state index contributed by atoms with van der Waals surface area (Å²) in [4.78, 5) is 14.8. The quantitative estimate of drug-likeness (QED) is 0.692. The van der Waals surface area contributed by atoms with Gasteiger partial charge >= 0.3 is 5.97 Å². The van der Waals surface area contributed by atoms with Gasteiger partial charge in [-0.3, -0.25) is 0 Å². The van der Waals surface area contributed by atoms with Crippen molar-refractivity contribution in [1.82, 2.24) is 4.98 Å². The highest BCUT2D eigenvalue weighted by Gasteiger charge is 2.10. The molecule has 18 heavy (non-hydrogen) atoms. The number of pyridine rings is 1. The van der Waals surface area contributed by atoms with E-state index in [0.29, 0.717) is 24.7 Å². The van der Waals surface area contributed by atoms with Gasteiger partial charge in [-0.1, -0.05) is 25.4 Å².